The van der Waals surface area contributed by atoms with Crippen LogP contribution in [0.3, 0.4) is 0 Å². The second-order valence-electron chi connectivity index (χ2n) is 4.12. The van der Waals surface area contributed by atoms with Crippen molar-refractivity contribution in [3.05, 3.63) is 0 Å². The van der Waals surface area contributed by atoms with Crippen molar-refractivity contribution in [2.24, 2.45) is 0 Å². The molecule has 2 nitrogen and oxygen atoms in total. The summed E-state index contributed by atoms with van der Waals surface area (Å²) in [5.74, 6) is 0. The number of nitrogens with one attached hydrogen (secondary N) is 1. The van der Waals surface area contributed by atoms with Gasteiger partial charge in [0.05, 0.1) is 5.60 Å². The maximum Gasteiger partial charge on any atom is 0.0830 e. The van der Waals surface area contributed by atoms with Crippen LogP contribution in [0.15, 0.2) is 0 Å². The number of methoxy groups -OCH3 is 1. The highest BCUT2D eigenvalue weighted by Gasteiger charge is 2.42. The Morgan fingerprint density at radius 2 is 2.00 bits per heavy atom. The molecule has 2 fully saturated rings. The molecule has 2 heteroatoms. The summed E-state index contributed by atoms with van der Waals surface area (Å²) in [4.78, 5) is 0. The third kappa shape index (κ3) is 1.27. The molecule has 0 aromatic heterocycles. The Labute approximate surface area is 74.7 Å². The van der Waals surface area contributed by atoms with E-state index in [1.165, 1.54) is 45.1 Å². The predicted octanol–water partition coefficient (Wildman–Crippen LogP) is 1.70. The first-order valence-corrected chi connectivity index (χ1v) is 5.16. The summed E-state index contributed by atoms with van der Waals surface area (Å²) in [6.07, 6.45) is 7.88. The van der Waals surface area contributed by atoms with Crippen molar-refractivity contribution in [2.75, 3.05) is 13.7 Å². The predicted molar refractivity (Wildman–Crippen MR) is 49.2 cm³/mol. The van der Waals surface area contributed by atoms with Crippen molar-refractivity contribution in [1.82, 2.24) is 5.32 Å². The first-order valence-electron chi connectivity index (χ1n) is 5.16. The van der Waals surface area contributed by atoms with E-state index in [4.69, 9.17) is 4.74 Å². The third-order valence-corrected chi connectivity index (χ3v) is 3.55. The first kappa shape index (κ1) is 8.52. The van der Waals surface area contributed by atoms with E-state index in [2.05, 4.69) is 5.32 Å². The molecular formula is C10H19NO. The van der Waals surface area contributed by atoms with Gasteiger partial charge in [0.2, 0.25) is 0 Å². The number of hydrogen-bond acceptors (Lipinski definition) is 2. The summed E-state index contributed by atoms with van der Waals surface area (Å²) in [6.45, 7) is 1.19. The van der Waals surface area contributed by atoms with Gasteiger partial charge in [0, 0.05) is 13.2 Å². The number of rotatable bonds is 2. The second-order valence-corrected chi connectivity index (χ2v) is 4.12. The van der Waals surface area contributed by atoms with Crippen molar-refractivity contribution >= 4 is 0 Å². The van der Waals surface area contributed by atoms with Crippen LogP contribution in [0, 0.1) is 0 Å². The molecule has 0 radical (unpaired) electrons. The molecule has 0 aromatic carbocycles. The highest BCUT2D eigenvalue weighted by atomic mass is 16.5. The Kier molecular flexibility index (Phi) is 2.37. The monoisotopic (exact) mass is 169 g/mol. The van der Waals surface area contributed by atoms with Gasteiger partial charge in [0.1, 0.15) is 0 Å². The standard InChI is InChI=1S/C10H19NO/c1-12-10(6-2-3-7-10)9-5-4-8-11-9/h9,11H,2-8H2,1H3/t9-/m0/s1. The molecule has 1 heterocycles. The molecule has 0 spiro atoms. The van der Waals surface area contributed by atoms with Crippen LogP contribution in [-0.2, 0) is 4.74 Å². The minimum Gasteiger partial charge on any atom is -0.377 e. The van der Waals surface area contributed by atoms with Gasteiger partial charge in [0.25, 0.3) is 0 Å². The van der Waals surface area contributed by atoms with E-state index < -0.39 is 0 Å². The van der Waals surface area contributed by atoms with Gasteiger partial charge in [-0.25, -0.2) is 0 Å². The van der Waals surface area contributed by atoms with Gasteiger partial charge in [0.15, 0.2) is 0 Å². The Balaban J connectivity index is 2.04. The molecule has 1 N–H and O–H groups in total. The molecule has 1 aliphatic heterocycles. The lowest BCUT2D eigenvalue weighted by atomic mass is 9.91. The molecule has 70 valence electrons. The molecule has 1 aliphatic carbocycles. The lowest BCUT2D eigenvalue weighted by Crippen LogP contribution is -2.47. The lowest BCUT2D eigenvalue weighted by molar-refractivity contribution is -0.0306. The van der Waals surface area contributed by atoms with Crippen molar-refractivity contribution in [2.45, 2.75) is 50.2 Å². The molecule has 0 aromatic rings. The van der Waals surface area contributed by atoms with Crippen molar-refractivity contribution in [1.29, 1.82) is 0 Å². The van der Waals surface area contributed by atoms with Gasteiger partial charge < -0.3 is 10.1 Å². The Morgan fingerprint density at radius 3 is 2.50 bits per heavy atom. The van der Waals surface area contributed by atoms with Crippen LogP contribution in [0.2, 0.25) is 0 Å². The summed E-state index contributed by atoms with van der Waals surface area (Å²) >= 11 is 0. The summed E-state index contributed by atoms with van der Waals surface area (Å²) in [5, 5.41) is 3.57. The molecule has 1 saturated carbocycles. The van der Waals surface area contributed by atoms with E-state index >= 15 is 0 Å². The smallest absolute Gasteiger partial charge is 0.0830 e. The van der Waals surface area contributed by atoms with Crippen LogP contribution in [0.1, 0.15) is 38.5 Å². The van der Waals surface area contributed by atoms with E-state index in [1.54, 1.807) is 0 Å². The van der Waals surface area contributed by atoms with Gasteiger partial charge in [-0.15, -0.1) is 0 Å². The highest BCUT2D eigenvalue weighted by molar-refractivity contribution is 4.98. The van der Waals surface area contributed by atoms with E-state index in [-0.39, 0.29) is 5.60 Å². The quantitative estimate of drug-likeness (QED) is 0.679. The minimum absolute atomic E-state index is 0.205. The summed E-state index contributed by atoms with van der Waals surface area (Å²) in [7, 11) is 1.88. The van der Waals surface area contributed by atoms with Gasteiger partial charge in [-0.3, -0.25) is 0 Å². The summed E-state index contributed by atoms with van der Waals surface area (Å²) in [6, 6.07) is 0.644. The molecule has 0 amide bonds. The maximum atomic E-state index is 5.72. The van der Waals surface area contributed by atoms with Gasteiger partial charge in [-0.05, 0) is 32.2 Å². The zero-order valence-corrected chi connectivity index (χ0v) is 7.94. The van der Waals surface area contributed by atoms with Gasteiger partial charge in [-0.1, -0.05) is 12.8 Å². The zero-order valence-electron chi connectivity index (χ0n) is 7.94. The fourth-order valence-corrected chi connectivity index (χ4v) is 2.80. The van der Waals surface area contributed by atoms with Crippen LogP contribution in [0.25, 0.3) is 0 Å². The topological polar surface area (TPSA) is 21.3 Å². The minimum atomic E-state index is 0.205. The maximum absolute atomic E-state index is 5.72. The third-order valence-electron chi connectivity index (χ3n) is 3.55. The van der Waals surface area contributed by atoms with Gasteiger partial charge >= 0.3 is 0 Å². The molecule has 12 heavy (non-hydrogen) atoms. The molecule has 0 bridgehead atoms. The average Bonchev–Trinajstić information content (AvgIpc) is 2.76. The summed E-state index contributed by atoms with van der Waals surface area (Å²) < 4.78 is 5.72. The normalized spacial score (nSPS) is 34.2. The SMILES string of the molecule is COC1([C@@H]2CCCN2)CCCC1. The van der Waals surface area contributed by atoms with Crippen LogP contribution >= 0.6 is 0 Å². The zero-order chi connectivity index (χ0) is 8.44. The fraction of sp³-hybridized carbons (Fsp3) is 1.00. The molecule has 2 rings (SSSR count). The highest BCUT2D eigenvalue weighted by Crippen LogP contribution is 2.38. The van der Waals surface area contributed by atoms with Crippen LogP contribution in [0.5, 0.6) is 0 Å². The van der Waals surface area contributed by atoms with E-state index in [1.807, 2.05) is 7.11 Å². The summed E-state index contributed by atoms with van der Waals surface area (Å²) in [5.41, 5.74) is 0.205. The van der Waals surface area contributed by atoms with Crippen molar-refractivity contribution in [3.8, 4) is 0 Å². The lowest BCUT2D eigenvalue weighted by Gasteiger charge is -2.34. The van der Waals surface area contributed by atoms with Crippen LogP contribution in [0.4, 0.5) is 0 Å². The van der Waals surface area contributed by atoms with E-state index in [9.17, 15) is 0 Å². The Hall–Kier alpha value is -0.0800. The van der Waals surface area contributed by atoms with E-state index in [0.29, 0.717) is 6.04 Å². The Bertz CT molecular complexity index is 146. The molecule has 2 aliphatic rings. The molecule has 0 unspecified atom stereocenters. The molecule has 1 saturated heterocycles. The first-order chi connectivity index (χ1) is 5.87. The largest absolute Gasteiger partial charge is 0.377 e. The van der Waals surface area contributed by atoms with Crippen LogP contribution < -0.4 is 5.32 Å². The second kappa shape index (κ2) is 3.35. The molecular weight excluding hydrogens is 150 g/mol. The van der Waals surface area contributed by atoms with E-state index in [0.717, 1.165) is 0 Å². The molecule has 1 atom stereocenters. The van der Waals surface area contributed by atoms with Gasteiger partial charge in [-0.2, -0.15) is 0 Å². The number of hydrogen-bond donors (Lipinski definition) is 1. The fourth-order valence-electron chi connectivity index (χ4n) is 2.80. The average molecular weight is 169 g/mol. The van der Waals surface area contributed by atoms with Crippen molar-refractivity contribution in [3.63, 3.8) is 0 Å². The van der Waals surface area contributed by atoms with Crippen LogP contribution in [-0.4, -0.2) is 25.3 Å². The van der Waals surface area contributed by atoms with Crippen molar-refractivity contribution < 1.29 is 4.74 Å². The Morgan fingerprint density at radius 1 is 1.25 bits per heavy atom. The number of ether oxygens (including phenoxy) is 1.